The highest BCUT2D eigenvalue weighted by molar-refractivity contribution is 5.48. The average Bonchev–Trinajstić information content (AvgIpc) is 2.29. The Hall–Kier alpha value is -1.88. The van der Waals surface area contributed by atoms with E-state index in [1.54, 1.807) is 18.5 Å². The van der Waals surface area contributed by atoms with E-state index in [4.69, 9.17) is 5.73 Å². The summed E-state index contributed by atoms with van der Waals surface area (Å²) in [5.74, 6) is 0.601. The topological polar surface area (TPSA) is 77.6 Å². The van der Waals surface area contributed by atoms with E-state index >= 15 is 0 Å². The molecule has 0 bridgehead atoms. The lowest BCUT2D eigenvalue weighted by molar-refractivity contribution is 0.789. The Balaban J connectivity index is 2.43. The maximum Gasteiger partial charge on any atom is 0.178 e. The van der Waals surface area contributed by atoms with Gasteiger partial charge in [0.2, 0.25) is 0 Å². The quantitative estimate of drug-likeness (QED) is 0.816. The summed E-state index contributed by atoms with van der Waals surface area (Å²) in [7, 11) is 0. The summed E-state index contributed by atoms with van der Waals surface area (Å²) >= 11 is 0. The molecular formula is C11H13N5. The van der Waals surface area contributed by atoms with Crippen LogP contribution in [0.15, 0.2) is 24.8 Å². The molecule has 0 amide bonds. The minimum absolute atomic E-state index is 0.0561. The van der Waals surface area contributed by atoms with Crippen molar-refractivity contribution >= 4 is 0 Å². The van der Waals surface area contributed by atoms with E-state index in [0.29, 0.717) is 11.5 Å². The van der Waals surface area contributed by atoms with Crippen molar-refractivity contribution in [2.24, 2.45) is 5.73 Å². The maximum absolute atomic E-state index is 5.80. The third-order valence-electron chi connectivity index (χ3n) is 2.32. The Bertz CT molecular complexity index is 481. The van der Waals surface area contributed by atoms with Gasteiger partial charge in [0.1, 0.15) is 12.0 Å². The van der Waals surface area contributed by atoms with Gasteiger partial charge in [-0.2, -0.15) is 0 Å². The molecule has 0 unspecified atom stereocenters. The van der Waals surface area contributed by atoms with Crippen LogP contribution in [-0.2, 0) is 0 Å². The molecule has 82 valence electrons. The first-order valence-electron chi connectivity index (χ1n) is 5.04. The Labute approximate surface area is 93.8 Å². The zero-order chi connectivity index (χ0) is 11.5. The van der Waals surface area contributed by atoms with Crippen molar-refractivity contribution in [3.8, 4) is 11.5 Å². The van der Waals surface area contributed by atoms with Crippen LogP contribution in [0, 0.1) is 6.92 Å². The molecule has 0 saturated heterocycles. The molecule has 2 aromatic heterocycles. The minimum atomic E-state index is -0.0561. The van der Waals surface area contributed by atoms with Crippen LogP contribution in [0.4, 0.5) is 0 Å². The fourth-order valence-corrected chi connectivity index (χ4v) is 1.47. The number of aromatic nitrogens is 4. The van der Waals surface area contributed by atoms with Crippen LogP contribution in [0.3, 0.4) is 0 Å². The summed E-state index contributed by atoms with van der Waals surface area (Å²) in [6, 6.07) is 1.72. The second-order valence-corrected chi connectivity index (χ2v) is 3.62. The maximum atomic E-state index is 5.80. The van der Waals surface area contributed by atoms with Gasteiger partial charge in [-0.15, -0.1) is 0 Å². The molecule has 2 rings (SSSR count). The molecule has 1 atom stereocenters. The van der Waals surface area contributed by atoms with Crippen molar-refractivity contribution in [3.05, 3.63) is 36.0 Å². The molecule has 5 nitrogen and oxygen atoms in total. The molecule has 2 heterocycles. The standard InChI is InChI=1S/C11H13N5/c1-7(12)9-5-14-11(16-8(9)2)10-3-4-13-6-15-10/h3-7H,12H2,1-2H3/t7-/m0/s1. The predicted molar refractivity (Wildman–Crippen MR) is 60.4 cm³/mol. The van der Waals surface area contributed by atoms with E-state index in [1.165, 1.54) is 6.33 Å². The van der Waals surface area contributed by atoms with Gasteiger partial charge in [0.05, 0.1) is 0 Å². The molecular weight excluding hydrogens is 202 g/mol. The van der Waals surface area contributed by atoms with Gasteiger partial charge >= 0.3 is 0 Å². The summed E-state index contributed by atoms with van der Waals surface area (Å²) in [5, 5.41) is 0. The number of rotatable bonds is 2. The van der Waals surface area contributed by atoms with E-state index in [2.05, 4.69) is 19.9 Å². The normalized spacial score (nSPS) is 12.4. The highest BCUT2D eigenvalue weighted by Crippen LogP contribution is 2.16. The fourth-order valence-electron chi connectivity index (χ4n) is 1.47. The molecule has 16 heavy (non-hydrogen) atoms. The molecule has 0 aromatic carbocycles. The number of nitrogens with zero attached hydrogens (tertiary/aromatic N) is 4. The first-order valence-corrected chi connectivity index (χ1v) is 5.04. The molecule has 5 heteroatoms. The molecule has 0 aliphatic carbocycles. The average molecular weight is 215 g/mol. The lowest BCUT2D eigenvalue weighted by atomic mass is 10.1. The van der Waals surface area contributed by atoms with Gasteiger partial charge in [-0.25, -0.2) is 19.9 Å². The van der Waals surface area contributed by atoms with Crippen LogP contribution in [-0.4, -0.2) is 19.9 Å². The zero-order valence-corrected chi connectivity index (χ0v) is 9.25. The lowest BCUT2D eigenvalue weighted by Crippen LogP contribution is -2.09. The zero-order valence-electron chi connectivity index (χ0n) is 9.25. The largest absolute Gasteiger partial charge is 0.324 e. The van der Waals surface area contributed by atoms with Crippen molar-refractivity contribution in [3.63, 3.8) is 0 Å². The van der Waals surface area contributed by atoms with Crippen molar-refractivity contribution in [2.75, 3.05) is 0 Å². The highest BCUT2D eigenvalue weighted by atomic mass is 14.9. The fraction of sp³-hybridized carbons (Fsp3) is 0.273. The third kappa shape index (κ3) is 2.04. The van der Waals surface area contributed by atoms with Crippen LogP contribution in [0.5, 0.6) is 0 Å². The van der Waals surface area contributed by atoms with E-state index in [-0.39, 0.29) is 6.04 Å². The van der Waals surface area contributed by atoms with Crippen LogP contribution >= 0.6 is 0 Å². The van der Waals surface area contributed by atoms with Gasteiger partial charge in [0.15, 0.2) is 5.82 Å². The van der Waals surface area contributed by atoms with E-state index in [9.17, 15) is 0 Å². The second-order valence-electron chi connectivity index (χ2n) is 3.62. The minimum Gasteiger partial charge on any atom is -0.324 e. The van der Waals surface area contributed by atoms with E-state index in [1.807, 2.05) is 13.8 Å². The van der Waals surface area contributed by atoms with Crippen molar-refractivity contribution in [1.29, 1.82) is 0 Å². The second kappa shape index (κ2) is 4.32. The van der Waals surface area contributed by atoms with Gasteiger partial charge in [0, 0.05) is 29.7 Å². The Morgan fingerprint density at radius 2 is 2.12 bits per heavy atom. The van der Waals surface area contributed by atoms with Crippen LogP contribution < -0.4 is 5.73 Å². The van der Waals surface area contributed by atoms with Crippen molar-refractivity contribution < 1.29 is 0 Å². The number of aryl methyl sites for hydroxylation is 1. The van der Waals surface area contributed by atoms with Crippen LogP contribution in [0.1, 0.15) is 24.2 Å². The summed E-state index contributed by atoms with van der Waals surface area (Å²) in [6.07, 6.45) is 4.90. The van der Waals surface area contributed by atoms with Crippen LogP contribution in [0.2, 0.25) is 0 Å². The molecule has 0 radical (unpaired) electrons. The van der Waals surface area contributed by atoms with Crippen molar-refractivity contribution in [2.45, 2.75) is 19.9 Å². The summed E-state index contributed by atoms with van der Waals surface area (Å²) in [4.78, 5) is 16.6. The van der Waals surface area contributed by atoms with Gasteiger partial charge in [-0.1, -0.05) is 0 Å². The lowest BCUT2D eigenvalue weighted by Gasteiger charge is -2.09. The van der Waals surface area contributed by atoms with Gasteiger partial charge in [-0.3, -0.25) is 0 Å². The highest BCUT2D eigenvalue weighted by Gasteiger charge is 2.08. The first kappa shape index (κ1) is 10.6. The summed E-state index contributed by atoms with van der Waals surface area (Å²) in [5.41, 5.74) is 8.36. The molecule has 2 N–H and O–H groups in total. The molecule has 0 aliphatic rings. The molecule has 0 saturated carbocycles. The van der Waals surface area contributed by atoms with Gasteiger partial charge in [0.25, 0.3) is 0 Å². The third-order valence-corrected chi connectivity index (χ3v) is 2.32. The van der Waals surface area contributed by atoms with Crippen molar-refractivity contribution in [1.82, 2.24) is 19.9 Å². The smallest absolute Gasteiger partial charge is 0.178 e. The molecule has 0 fully saturated rings. The summed E-state index contributed by atoms with van der Waals surface area (Å²) in [6.45, 7) is 3.83. The van der Waals surface area contributed by atoms with Gasteiger partial charge < -0.3 is 5.73 Å². The SMILES string of the molecule is Cc1nc(-c2ccncn2)ncc1[C@H](C)N. The van der Waals surface area contributed by atoms with E-state index in [0.717, 1.165) is 11.3 Å². The molecule has 2 aromatic rings. The molecule has 0 aliphatic heterocycles. The van der Waals surface area contributed by atoms with E-state index < -0.39 is 0 Å². The van der Waals surface area contributed by atoms with Crippen LogP contribution in [0.25, 0.3) is 11.5 Å². The van der Waals surface area contributed by atoms with Gasteiger partial charge in [-0.05, 0) is 19.9 Å². The first-order chi connectivity index (χ1) is 7.68. The Kier molecular flexibility index (Phi) is 2.87. The Morgan fingerprint density at radius 3 is 2.69 bits per heavy atom. The number of nitrogens with two attached hydrogens (primary N) is 1. The Morgan fingerprint density at radius 1 is 1.31 bits per heavy atom. The number of hydrogen-bond donors (Lipinski definition) is 1. The number of hydrogen-bond acceptors (Lipinski definition) is 5. The molecule has 0 spiro atoms. The summed E-state index contributed by atoms with van der Waals surface area (Å²) < 4.78 is 0. The predicted octanol–water partition coefficient (Wildman–Crippen LogP) is 1.26. The monoisotopic (exact) mass is 215 g/mol.